The Kier molecular flexibility index (Phi) is 6.21. The summed E-state index contributed by atoms with van der Waals surface area (Å²) in [6, 6.07) is 7.68. The zero-order chi connectivity index (χ0) is 20.8. The first-order valence-electron chi connectivity index (χ1n) is 10.1. The number of para-hydroxylation sites is 2. The van der Waals surface area contributed by atoms with Crippen molar-refractivity contribution in [1.82, 2.24) is 30.2 Å². The summed E-state index contributed by atoms with van der Waals surface area (Å²) in [7, 11) is 0. The molecular formula is C20H24N6O4. The molecular weight excluding hydrogens is 388 g/mol. The molecule has 0 aliphatic carbocycles. The van der Waals surface area contributed by atoms with Crippen molar-refractivity contribution in [2.24, 2.45) is 0 Å². The van der Waals surface area contributed by atoms with E-state index in [2.05, 4.69) is 25.3 Å². The maximum Gasteiger partial charge on any atom is 0.239 e. The van der Waals surface area contributed by atoms with Gasteiger partial charge in [0.25, 0.3) is 0 Å². The molecule has 30 heavy (non-hydrogen) atoms. The summed E-state index contributed by atoms with van der Waals surface area (Å²) in [6.45, 7) is 3.86. The van der Waals surface area contributed by atoms with Crippen molar-refractivity contribution in [1.29, 1.82) is 0 Å². The number of ether oxygens (including phenoxy) is 2. The van der Waals surface area contributed by atoms with Crippen molar-refractivity contribution in [3.63, 3.8) is 0 Å². The van der Waals surface area contributed by atoms with Crippen LogP contribution in [0.3, 0.4) is 0 Å². The third-order valence-corrected chi connectivity index (χ3v) is 4.88. The van der Waals surface area contributed by atoms with E-state index in [1.54, 1.807) is 0 Å². The molecule has 4 rings (SSSR count). The Morgan fingerprint density at radius 2 is 2.07 bits per heavy atom. The summed E-state index contributed by atoms with van der Waals surface area (Å²) >= 11 is 0. The molecule has 2 aromatic heterocycles. The van der Waals surface area contributed by atoms with Crippen LogP contribution in [0.1, 0.15) is 32.1 Å². The number of aryl methyl sites for hydroxylation is 1. The molecule has 0 unspecified atom stereocenters. The second kappa shape index (κ2) is 9.38. The molecule has 1 fully saturated rings. The highest BCUT2D eigenvalue weighted by molar-refractivity contribution is 5.76. The highest BCUT2D eigenvalue weighted by atomic mass is 16.5. The molecule has 0 saturated carbocycles. The summed E-state index contributed by atoms with van der Waals surface area (Å²) in [6.07, 6.45) is 3.70. The summed E-state index contributed by atoms with van der Waals surface area (Å²) in [4.78, 5) is 22.6. The van der Waals surface area contributed by atoms with Crippen LogP contribution < -0.4 is 9.47 Å². The molecule has 1 amide bonds. The third kappa shape index (κ3) is 4.76. The van der Waals surface area contributed by atoms with E-state index >= 15 is 0 Å². The van der Waals surface area contributed by atoms with Crippen molar-refractivity contribution >= 4 is 5.91 Å². The van der Waals surface area contributed by atoms with Gasteiger partial charge in [-0.25, -0.2) is 4.98 Å². The van der Waals surface area contributed by atoms with E-state index in [4.69, 9.17) is 14.0 Å². The molecule has 0 spiro atoms. The molecule has 10 heteroatoms. The fraction of sp³-hybridized carbons (Fsp3) is 0.450. The van der Waals surface area contributed by atoms with Crippen molar-refractivity contribution in [3.8, 4) is 23.1 Å². The lowest BCUT2D eigenvalue weighted by molar-refractivity contribution is -0.133. The number of H-pyrrole nitrogens is 1. The Hall–Kier alpha value is -3.43. The Balaban J connectivity index is 1.24. The largest absolute Gasteiger partial charge is 0.490 e. The maximum atomic E-state index is 12.6. The van der Waals surface area contributed by atoms with Gasteiger partial charge >= 0.3 is 0 Å². The number of likely N-dealkylation sites (tertiary alicyclic amines) is 1. The lowest BCUT2D eigenvalue weighted by Crippen LogP contribution is -2.41. The van der Waals surface area contributed by atoms with Crippen molar-refractivity contribution in [2.45, 2.75) is 38.7 Å². The Bertz CT molecular complexity index is 950. The number of nitrogens with zero attached hydrogens (tertiary/aromatic N) is 5. The molecule has 3 heterocycles. The minimum Gasteiger partial charge on any atom is -0.490 e. The SMILES string of the molecule is CCOc1ccccc1OC1CCN(C(=O)CCc2nc(-c3ncn[nH]3)no2)CC1. The first-order valence-corrected chi connectivity index (χ1v) is 10.1. The van der Waals surface area contributed by atoms with E-state index < -0.39 is 0 Å². The molecule has 1 aliphatic heterocycles. The van der Waals surface area contributed by atoms with Gasteiger partial charge in [-0.1, -0.05) is 17.3 Å². The number of nitrogens with one attached hydrogen (secondary N) is 1. The van der Waals surface area contributed by atoms with Crippen LogP contribution in [0, 0.1) is 0 Å². The molecule has 1 saturated heterocycles. The minimum atomic E-state index is 0.0658. The molecule has 1 aromatic carbocycles. The minimum absolute atomic E-state index is 0.0658. The summed E-state index contributed by atoms with van der Waals surface area (Å²) in [5.74, 6) is 2.75. The molecule has 0 atom stereocenters. The number of rotatable bonds is 8. The number of piperidine rings is 1. The van der Waals surface area contributed by atoms with Crippen LogP contribution in [0.5, 0.6) is 11.5 Å². The van der Waals surface area contributed by atoms with Gasteiger partial charge in [-0.15, -0.1) is 0 Å². The van der Waals surface area contributed by atoms with Gasteiger partial charge in [0.2, 0.25) is 17.6 Å². The number of hydrogen-bond acceptors (Lipinski definition) is 8. The fourth-order valence-corrected chi connectivity index (χ4v) is 3.36. The predicted molar refractivity (Wildman–Crippen MR) is 106 cm³/mol. The summed E-state index contributed by atoms with van der Waals surface area (Å²) in [5.41, 5.74) is 0. The number of carbonyl (C=O) groups is 1. The fourth-order valence-electron chi connectivity index (χ4n) is 3.36. The van der Waals surface area contributed by atoms with E-state index in [9.17, 15) is 4.79 Å². The zero-order valence-electron chi connectivity index (χ0n) is 16.8. The Morgan fingerprint density at radius 3 is 2.80 bits per heavy atom. The standard InChI is InChI=1S/C20H24N6O4/c1-2-28-15-5-3-4-6-16(15)29-14-9-11-26(12-10-14)18(27)8-7-17-23-20(25-30-17)19-21-13-22-24-19/h3-6,13-14H,2,7-12H2,1H3,(H,21,22,24). The first-order chi connectivity index (χ1) is 14.7. The molecule has 158 valence electrons. The molecule has 0 bridgehead atoms. The zero-order valence-corrected chi connectivity index (χ0v) is 16.8. The lowest BCUT2D eigenvalue weighted by atomic mass is 10.1. The molecule has 1 aliphatic rings. The van der Waals surface area contributed by atoms with Gasteiger partial charge in [0.1, 0.15) is 12.4 Å². The quantitative estimate of drug-likeness (QED) is 0.598. The van der Waals surface area contributed by atoms with Gasteiger partial charge in [0, 0.05) is 38.8 Å². The molecule has 1 N–H and O–H groups in total. The number of hydrogen-bond donors (Lipinski definition) is 1. The van der Waals surface area contributed by atoms with Crippen molar-refractivity contribution in [2.75, 3.05) is 19.7 Å². The van der Waals surface area contributed by atoms with Crippen LogP contribution in [0.2, 0.25) is 0 Å². The second-order valence-electron chi connectivity index (χ2n) is 6.92. The van der Waals surface area contributed by atoms with Crippen LogP contribution in [0.4, 0.5) is 0 Å². The molecule has 10 nitrogen and oxygen atoms in total. The molecule has 3 aromatic rings. The van der Waals surface area contributed by atoms with E-state index in [0.29, 0.717) is 50.1 Å². The van der Waals surface area contributed by atoms with Gasteiger partial charge in [0.15, 0.2) is 17.3 Å². The average molecular weight is 412 g/mol. The smallest absolute Gasteiger partial charge is 0.239 e. The number of benzene rings is 1. The summed E-state index contributed by atoms with van der Waals surface area (Å²) < 4.78 is 16.9. The highest BCUT2D eigenvalue weighted by Crippen LogP contribution is 2.29. The molecule has 0 radical (unpaired) electrons. The van der Waals surface area contributed by atoms with Gasteiger partial charge in [-0.05, 0) is 19.1 Å². The summed E-state index contributed by atoms with van der Waals surface area (Å²) in [5, 5.41) is 10.3. The Labute approximate surface area is 173 Å². The lowest BCUT2D eigenvalue weighted by Gasteiger charge is -2.32. The predicted octanol–water partition coefficient (Wildman–Crippen LogP) is 2.26. The second-order valence-corrected chi connectivity index (χ2v) is 6.92. The van der Waals surface area contributed by atoms with Crippen LogP contribution >= 0.6 is 0 Å². The topological polar surface area (TPSA) is 119 Å². The highest BCUT2D eigenvalue weighted by Gasteiger charge is 2.25. The van der Waals surface area contributed by atoms with Gasteiger partial charge < -0.3 is 18.9 Å². The number of amides is 1. The number of aromatic nitrogens is 5. The van der Waals surface area contributed by atoms with E-state index in [1.165, 1.54) is 6.33 Å². The van der Waals surface area contributed by atoms with E-state index in [1.807, 2.05) is 36.1 Å². The van der Waals surface area contributed by atoms with Gasteiger partial charge in [-0.2, -0.15) is 10.1 Å². The Morgan fingerprint density at radius 1 is 1.27 bits per heavy atom. The third-order valence-electron chi connectivity index (χ3n) is 4.88. The average Bonchev–Trinajstić information content (AvgIpc) is 3.46. The maximum absolute atomic E-state index is 12.6. The van der Waals surface area contributed by atoms with E-state index in [0.717, 1.165) is 24.3 Å². The van der Waals surface area contributed by atoms with Gasteiger partial charge in [0.05, 0.1) is 6.61 Å². The van der Waals surface area contributed by atoms with Crippen molar-refractivity contribution in [3.05, 3.63) is 36.5 Å². The van der Waals surface area contributed by atoms with Crippen LogP contribution in [-0.4, -0.2) is 61.9 Å². The normalized spacial score (nSPS) is 14.6. The monoisotopic (exact) mass is 412 g/mol. The van der Waals surface area contributed by atoms with Crippen molar-refractivity contribution < 1.29 is 18.8 Å². The van der Waals surface area contributed by atoms with E-state index in [-0.39, 0.29) is 12.0 Å². The van der Waals surface area contributed by atoms with Crippen LogP contribution in [-0.2, 0) is 11.2 Å². The number of aromatic amines is 1. The van der Waals surface area contributed by atoms with Gasteiger partial charge in [-0.3, -0.25) is 9.89 Å². The van der Waals surface area contributed by atoms with Crippen LogP contribution in [0.25, 0.3) is 11.6 Å². The van der Waals surface area contributed by atoms with Crippen LogP contribution in [0.15, 0.2) is 35.1 Å². The first kappa shape index (κ1) is 19.9. The number of carbonyl (C=O) groups excluding carboxylic acids is 1.